The van der Waals surface area contributed by atoms with Crippen LogP contribution in [0.2, 0.25) is 0 Å². The number of nitrogens with zero attached hydrogens (tertiary/aromatic N) is 4. The third-order valence-electron chi connectivity index (χ3n) is 5.41. The van der Waals surface area contributed by atoms with Crippen LogP contribution in [0.1, 0.15) is 49.6 Å². The Bertz CT molecular complexity index is 1100. The van der Waals surface area contributed by atoms with Crippen LogP contribution in [-0.2, 0) is 16.1 Å². The van der Waals surface area contributed by atoms with Crippen molar-refractivity contribution < 1.29 is 18.7 Å². The fourth-order valence-electron chi connectivity index (χ4n) is 3.94. The fraction of sp³-hybridized carbons (Fsp3) is 0.524. The molecule has 0 aromatic carbocycles. The predicted octanol–water partition coefficient (Wildman–Crippen LogP) is 3.37. The lowest BCUT2D eigenvalue weighted by Gasteiger charge is -2.18. The van der Waals surface area contributed by atoms with Gasteiger partial charge in [0.15, 0.2) is 5.82 Å². The van der Waals surface area contributed by atoms with Crippen LogP contribution in [0.15, 0.2) is 18.5 Å². The molecule has 1 amide bonds. The number of ether oxygens (including phenoxy) is 2. The van der Waals surface area contributed by atoms with E-state index < -0.39 is 24.3 Å². The van der Waals surface area contributed by atoms with Crippen molar-refractivity contribution in [3.05, 3.63) is 35.4 Å². The molecule has 0 radical (unpaired) electrons. The average Bonchev–Trinajstić information content (AvgIpc) is 3.44. The summed E-state index contributed by atoms with van der Waals surface area (Å²) in [4.78, 5) is 20.8. The Morgan fingerprint density at radius 1 is 1.41 bits per heavy atom. The van der Waals surface area contributed by atoms with Gasteiger partial charge in [0.05, 0.1) is 12.3 Å². The van der Waals surface area contributed by atoms with Crippen molar-refractivity contribution in [1.29, 1.82) is 0 Å². The second-order valence-electron chi connectivity index (χ2n) is 8.33. The number of nitrogens with one attached hydrogen (secondary N) is 3. The number of alkyl halides is 1. The van der Waals surface area contributed by atoms with Crippen molar-refractivity contribution in [2.75, 3.05) is 12.4 Å². The Labute approximate surface area is 184 Å². The number of fused-ring (bicyclic) bond motifs is 1. The zero-order valence-corrected chi connectivity index (χ0v) is 18.6. The smallest absolute Gasteiger partial charge is 0.407 e. The number of imidazole rings is 1. The molecule has 10 nitrogen and oxygen atoms in total. The van der Waals surface area contributed by atoms with Crippen LogP contribution >= 0.6 is 0 Å². The number of carbonyl (C=O) groups is 1. The standard InChI is InChI=1S/C21H28FN7O3/c1-11(2)24-21(30)32-16-6-5-14(18(16)22)15-7-17(28-27-15)26-20-23-8-12(3)19-25-13(10-31-4)9-29(19)20/h7-9,11,14,16,18H,5-6,10H2,1-4H3,(H,24,30)(H2,23,26,27,28)/t14-,16-,18-/m0/s1. The molecule has 3 N–H and O–H groups in total. The molecule has 1 aliphatic carbocycles. The van der Waals surface area contributed by atoms with Crippen LogP contribution in [0.25, 0.3) is 5.65 Å². The van der Waals surface area contributed by atoms with Crippen molar-refractivity contribution >= 4 is 23.5 Å². The summed E-state index contributed by atoms with van der Waals surface area (Å²) in [5.74, 6) is 0.615. The van der Waals surface area contributed by atoms with Crippen molar-refractivity contribution in [3.8, 4) is 0 Å². The van der Waals surface area contributed by atoms with Crippen LogP contribution in [0.3, 0.4) is 0 Å². The number of amides is 1. The minimum atomic E-state index is -1.31. The first-order valence-electron chi connectivity index (χ1n) is 10.6. The molecule has 172 valence electrons. The highest BCUT2D eigenvalue weighted by atomic mass is 19.1. The minimum absolute atomic E-state index is 0.0677. The van der Waals surface area contributed by atoms with E-state index in [1.165, 1.54) is 0 Å². The van der Waals surface area contributed by atoms with E-state index in [1.54, 1.807) is 19.4 Å². The van der Waals surface area contributed by atoms with Gasteiger partial charge in [-0.15, -0.1) is 0 Å². The highest BCUT2D eigenvalue weighted by molar-refractivity contribution is 5.67. The Morgan fingerprint density at radius 2 is 2.22 bits per heavy atom. The molecule has 0 spiro atoms. The van der Waals surface area contributed by atoms with Gasteiger partial charge in [0, 0.05) is 48.8 Å². The maximum atomic E-state index is 15.0. The molecule has 3 atom stereocenters. The molecule has 0 unspecified atom stereocenters. The largest absolute Gasteiger partial charge is 0.443 e. The second kappa shape index (κ2) is 9.11. The maximum Gasteiger partial charge on any atom is 0.407 e. The molecule has 0 bridgehead atoms. The summed E-state index contributed by atoms with van der Waals surface area (Å²) < 4.78 is 27.3. The number of aromatic amines is 1. The highest BCUT2D eigenvalue weighted by Gasteiger charge is 2.40. The van der Waals surface area contributed by atoms with E-state index in [1.807, 2.05) is 31.4 Å². The van der Waals surface area contributed by atoms with Crippen LogP contribution in [-0.4, -0.2) is 56.1 Å². The number of rotatable bonds is 7. The van der Waals surface area contributed by atoms with Gasteiger partial charge in [-0.3, -0.25) is 9.50 Å². The number of halogens is 1. The molecular formula is C21H28FN7O3. The SMILES string of the molecule is COCc1cn2c(Nc3cc([C@@H]4CC[C@H](OC(=O)NC(C)C)[C@H]4F)[nH]n3)ncc(C)c2n1. The molecule has 3 aromatic rings. The van der Waals surface area contributed by atoms with E-state index in [-0.39, 0.29) is 6.04 Å². The predicted molar refractivity (Wildman–Crippen MR) is 116 cm³/mol. The fourth-order valence-corrected chi connectivity index (χ4v) is 3.94. The number of hydrogen-bond acceptors (Lipinski definition) is 7. The van der Waals surface area contributed by atoms with Gasteiger partial charge in [-0.05, 0) is 33.6 Å². The van der Waals surface area contributed by atoms with Gasteiger partial charge in [-0.25, -0.2) is 19.2 Å². The van der Waals surface area contributed by atoms with E-state index in [4.69, 9.17) is 9.47 Å². The number of carbonyl (C=O) groups excluding carboxylic acids is 1. The van der Waals surface area contributed by atoms with Gasteiger partial charge in [-0.2, -0.15) is 5.10 Å². The molecule has 0 saturated heterocycles. The molecule has 4 rings (SSSR count). The summed E-state index contributed by atoms with van der Waals surface area (Å²) >= 11 is 0. The summed E-state index contributed by atoms with van der Waals surface area (Å²) in [5, 5.41) is 13.0. The van der Waals surface area contributed by atoms with Crippen molar-refractivity contribution in [2.24, 2.45) is 0 Å². The third-order valence-corrected chi connectivity index (χ3v) is 5.41. The maximum absolute atomic E-state index is 15.0. The molecule has 1 saturated carbocycles. The monoisotopic (exact) mass is 445 g/mol. The quantitative estimate of drug-likeness (QED) is 0.510. The van der Waals surface area contributed by atoms with Crippen LogP contribution in [0.5, 0.6) is 0 Å². The van der Waals surface area contributed by atoms with Crippen molar-refractivity contribution in [3.63, 3.8) is 0 Å². The summed E-state index contributed by atoms with van der Waals surface area (Å²) in [6.07, 6.45) is 1.91. The van der Waals surface area contributed by atoms with Crippen LogP contribution < -0.4 is 10.6 Å². The number of hydrogen-bond donors (Lipinski definition) is 3. The first kappa shape index (κ1) is 22.0. The average molecular weight is 445 g/mol. The van der Waals surface area contributed by atoms with Crippen LogP contribution in [0, 0.1) is 6.92 Å². The number of aromatic nitrogens is 5. The Morgan fingerprint density at radius 3 is 2.97 bits per heavy atom. The first-order valence-corrected chi connectivity index (χ1v) is 10.6. The van der Waals surface area contributed by atoms with Gasteiger partial charge >= 0.3 is 6.09 Å². The summed E-state index contributed by atoms with van der Waals surface area (Å²) in [7, 11) is 1.62. The summed E-state index contributed by atoms with van der Waals surface area (Å²) in [6.45, 7) is 5.97. The summed E-state index contributed by atoms with van der Waals surface area (Å²) in [5.41, 5.74) is 3.13. The molecule has 3 heterocycles. The molecule has 3 aromatic heterocycles. The van der Waals surface area contributed by atoms with Gasteiger partial charge in [0.25, 0.3) is 0 Å². The van der Waals surface area contributed by atoms with Gasteiger partial charge in [-0.1, -0.05) is 0 Å². The van der Waals surface area contributed by atoms with Crippen LogP contribution in [0.4, 0.5) is 21.0 Å². The molecule has 0 aliphatic heterocycles. The second-order valence-corrected chi connectivity index (χ2v) is 8.33. The normalized spacial score (nSPS) is 20.8. The molecule has 1 fully saturated rings. The molecule has 11 heteroatoms. The van der Waals surface area contributed by atoms with Crippen molar-refractivity contribution in [2.45, 2.75) is 64.5 Å². The molecular weight excluding hydrogens is 417 g/mol. The Balaban J connectivity index is 1.47. The minimum Gasteiger partial charge on any atom is -0.443 e. The zero-order chi connectivity index (χ0) is 22.8. The Kier molecular flexibility index (Phi) is 6.26. The van der Waals surface area contributed by atoms with E-state index >= 15 is 0 Å². The molecule has 1 aliphatic rings. The lowest BCUT2D eigenvalue weighted by Crippen LogP contribution is -2.36. The lowest BCUT2D eigenvalue weighted by atomic mass is 10.0. The first-order chi connectivity index (χ1) is 15.4. The number of aryl methyl sites for hydroxylation is 1. The van der Waals surface area contributed by atoms with E-state index in [0.29, 0.717) is 36.9 Å². The van der Waals surface area contributed by atoms with E-state index in [0.717, 1.165) is 16.9 Å². The zero-order valence-electron chi connectivity index (χ0n) is 18.6. The van der Waals surface area contributed by atoms with Gasteiger partial charge < -0.3 is 20.1 Å². The Hall–Kier alpha value is -3.21. The van der Waals surface area contributed by atoms with Gasteiger partial charge in [0.1, 0.15) is 17.9 Å². The molecule has 32 heavy (non-hydrogen) atoms. The van der Waals surface area contributed by atoms with E-state index in [9.17, 15) is 9.18 Å². The lowest BCUT2D eigenvalue weighted by molar-refractivity contribution is 0.0555. The third kappa shape index (κ3) is 4.52. The highest BCUT2D eigenvalue weighted by Crippen LogP contribution is 2.38. The number of methoxy groups -OCH3 is 1. The topological polar surface area (TPSA) is 118 Å². The van der Waals surface area contributed by atoms with Crippen molar-refractivity contribution in [1.82, 2.24) is 29.9 Å². The van der Waals surface area contributed by atoms with E-state index in [2.05, 4.69) is 30.8 Å². The number of anilines is 2. The van der Waals surface area contributed by atoms with Gasteiger partial charge in [0.2, 0.25) is 5.95 Å². The summed E-state index contributed by atoms with van der Waals surface area (Å²) in [6, 6.07) is 1.69. The number of H-pyrrole nitrogens is 1. The number of alkyl carbamates (subject to hydrolysis) is 1.